The summed E-state index contributed by atoms with van der Waals surface area (Å²) < 4.78 is 80.6. The summed E-state index contributed by atoms with van der Waals surface area (Å²) in [6.45, 7) is 0. The van der Waals surface area contributed by atoms with Crippen LogP contribution in [0, 0.1) is 45.3 Å². The minimum Gasteiger partial charge on any atom is -0.507 e. The van der Waals surface area contributed by atoms with Crippen LogP contribution in [-0.2, 0) is 0 Å². The highest BCUT2D eigenvalue weighted by atomic mass is 19.4. The summed E-state index contributed by atoms with van der Waals surface area (Å²) >= 11 is 0. The zero-order chi connectivity index (χ0) is 37.8. The lowest BCUT2D eigenvalue weighted by atomic mass is 9.92. The number of hydrogen-bond acceptors (Lipinski definition) is 7. The molecule has 5 aromatic carbocycles. The smallest absolute Gasteiger partial charge is 0.507 e. The second kappa shape index (κ2) is 12.4. The highest BCUT2D eigenvalue weighted by Gasteiger charge is 2.38. The molecule has 13 heteroatoms. The molecule has 2 N–H and O–H groups in total. The van der Waals surface area contributed by atoms with E-state index in [1.54, 1.807) is 42.5 Å². The number of nitriles is 4. The topological polar surface area (TPSA) is 137 Å². The Labute approximate surface area is 296 Å². The number of hydrogen-bond donors (Lipinski definition) is 2. The van der Waals surface area contributed by atoms with Crippen molar-refractivity contribution in [2.45, 2.75) is 12.7 Å². The first-order valence-corrected chi connectivity index (χ1v) is 15.4. The second-order valence-electron chi connectivity index (χ2n) is 11.8. The molecule has 0 fully saturated rings. The molecule has 0 atom stereocenters. The van der Waals surface area contributed by atoms with Crippen LogP contribution in [0.4, 0.5) is 32.0 Å². The standard InChI is InChI=1S/C40H17F6N5O2/c41-39(42,43)51-26-7-1-20(2-8-26)22-5-11-28-30(13-22)34(24(16-47)17-48)32-15-33-35(25(18-49)19-50)31-14-23(6-12-29(31)37(33)38(52)36(28)32)21-3-9-27(10-4-21)53-40(44,45)46/h1-15,51-52H. The average Bonchev–Trinajstić information content (AvgIpc) is 3.61. The molecule has 0 heterocycles. The molecule has 0 saturated carbocycles. The number of phenols is 1. The van der Waals surface area contributed by atoms with E-state index >= 15 is 0 Å². The number of anilines is 1. The number of allylic oxidation sites excluding steroid dienone is 2. The molecule has 5 aromatic rings. The van der Waals surface area contributed by atoms with Crippen LogP contribution in [0.3, 0.4) is 0 Å². The van der Waals surface area contributed by atoms with Crippen LogP contribution in [0.15, 0.2) is 102 Å². The molecule has 0 aliphatic heterocycles. The third kappa shape index (κ3) is 5.93. The van der Waals surface area contributed by atoms with Crippen LogP contribution in [0.2, 0.25) is 0 Å². The third-order valence-corrected chi connectivity index (χ3v) is 8.83. The monoisotopic (exact) mass is 713 g/mol. The minimum absolute atomic E-state index is 0.163. The molecule has 7 nitrogen and oxygen atoms in total. The quantitative estimate of drug-likeness (QED) is 0.105. The molecular weight excluding hydrogens is 696 g/mol. The fraction of sp³-hybridized carbons (Fsp3) is 0.0500. The number of rotatable bonds is 4. The van der Waals surface area contributed by atoms with Gasteiger partial charge in [0.15, 0.2) is 0 Å². The molecule has 0 radical (unpaired) electrons. The molecule has 0 aromatic heterocycles. The number of phenolic OH excluding ortho intramolecular Hbond substituents is 1. The lowest BCUT2D eigenvalue weighted by Crippen LogP contribution is -2.20. The van der Waals surface area contributed by atoms with E-state index in [2.05, 4.69) is 4.74 Å². The van der Waals surface area contributed by atoms with Gasteiger partial charge < -0.3 is 9.84 Å². The SMILES string of the molecule is N#CC(C#N)=C1c2cc(-c3ccc(NC(F)(F)F)cc3)ccc2-c2c1cc1c(c2O)-c2ccc(-c3ccc(OC(F)(F)F)cc3)cc2C1=C(C#N)C#N. The molecule has 2 aliphatic carbocycles. The molecule has 53 heavy (non-hydrogen) atoms. The Kier molecular flexibility index (Phi) is 7.94. The van der Waals surface area contributed by atoms with E-state index in [9.17, 15) is 52.5 Å². The Bertz CT molecular complexity index is 2420. The molecule has 7 rings (SSSR count). The van der Waals surface area contributed by atoms with Crippen LogP contribution in [0.1, 0.15) is 22.3 Å². The van der Waals surface area contributed by atoms with Gasteiger partial charge in [0.2, 0.25) is 0 Å². The average molecular weight is 714 g/mol. The lowest BCUT2D eigenvalue weighted by Gasteiger charge is -2.12. The van der Waals surface area contributed by atoms with Gasteiger partial charge in [-0.05, 0) is 98.1 Å². The maximum atomic E-state index is 12.8. The van der Waals surface area contributed by atoms with Gasteiger partial charge in [0, 0.05) is 28.0 Å². The summed E-state index contributed by atoms with van der Waals surface area (Å²) in [5.41, 5.74) is 4.43. The van der Waals surface area contributed by atoms with E-state index < -0.39 is 18.4 Å². The van der Waals surface area contributed by atoms with Gasteiger partial charge in [-0.1, -0.05) is 48.5 Å². The van der Waals surface area contributed by atoms with Crippen molar-refractivity contribution >= 4 is 16.8 Å². The van der Waals surface area contributed by atoms with Crippen molar-refractivity contribution in [3.8, 4) is 80.3 Å². The van der Waals surface area contributed by atoms with Gasteiger partial charge in [0.1, 0.15) is 46.9 Å². The molecular formula is C40H17F6N5O2. The van der Waals surface area contributed by atoms with Crippen LogP contribution in [0.5, 0.6) is 11.5 Å². The van der Waals surface area contributed by atoms with Crippen molar-refractivity contribution < 1.29 is 36.2 Å². The highest BCUT2D eigenvalue weighted by Crippen LogP contribution is 2.59. The van der Waals surface area contributed by atoms with Crippen LogP contribution < -0.4 is 10.1 Å². The summed E-state index contributed by atoms with van der Waals surface area (Å²) in [7, 11) is 0. The van der Waals surface area contributed by atoms with Crippen molar-refractivity contribution in [3.63, 3.8) is 0 Å². The van der Waals surface area contributed by atoms with Crippen LogP contribution in [-0.4, -0.2) is 17.8 Å². The molecule has 0 saturated heterocycles. The number of alkyl halides is 6. The van der Waals surface area contributed by atoms with Gasteiger partial charge in [0.25, 0.3) is 0 Å². The van der Waals surface area contributed by atoms with Gasteiger partial charge in [-0.2, -0.15) is 34.2 Å². The van der Waals surface area contributed by atoms with E-state index in [1.807, 2.05) is 24.3 Å². The Morgan fingerprint density at radius 1 is 0.528 bits per heavy atom. The number of fused-ring (bicyclic) bond motifs is 6. The van der Waals surface area contributed by atoms with Crippen molar-refractivity contribution in [2.75, 3.05) is 5.32 Å². The molecule has 0 amide bonds. The number of aromatic hydroxyl groups is 1. The van der Waals surface area contributed by atoms with E-state index in [0.717, 1.165) is 12.1 Å². The Balaban J connectivity index is 1.40. The maximum Gasteiger partial charge on any atom is 0.573 e. The molecule has 0 bridgehead atoms. The van der Waals surface area contributed by atoms with E-state index in [0.29, 0.717) is 44.5 Å². The van der Waals surface area contributed by atoms with Gasteiger partial charge in [-0.3, -0.25) is 5.32 Å². The number of halogens is 6. The van der Waals surface area contributed by atoms with E-state index in [1.165, 1.54) is 41.7 Å². The van der Waals surface area contributed by atoms with Gasteiger partial charge in [-0.15, -0.1) is 13.2 Å². The fourth-order valence-corrected chi connectivity index (χ4v) is 6.77. The highest BCUT2D eigenvalue weighted by molar-refractivity contribution is 6.14. The first-order valence-electron chi connectivity index (χ1n) is 15.4. The van der Waals surface area contributed by atoms with Crippen LogP contribution >= 0.6 is 0 Å². The van der Waals surface area contributed by atoms with Crippen molar-refractivity contribution in [1.82, 2.24) is 0 Å². The van der Waals surface area contributed by atoms with E-state index in [-0.39, 0.29) is 56.0 Å². The predicted octanol–water partition coefficient (Wildman–Crippen LogP) is 10.2. The number of benzene rings is 5. The van der Waals surface area contributed by atoms with E-state index in [4.69, 9.17) is 0 Å². The molecule has 256 valence electrons. The molecule has 2 aliphatic rings. The van der Waals surface area contributed by atoms with Crippen molar-refractivity contribution in [3.05, 3.63) is 124 Å². The van der Waals surface area contributed by atoms with Crippen molar-refractivity contribution in [1.29, 1.82) is 21.0 Å². The van der Waals surface area contributed by atoms with Crippen LogP contribution in [0.25, 0.3) is 55.7 Å². The van der Waals surface area contributed by atoms with Gasteiger partial charge in [0.05, 0.1) is 0 Å². The number of ether oxygens (including phenoxy) is 1. The maximum absolute atomic E-state index is 12.8. The number of nitrogens with one attached hydrogen (secondary N) is 1. The first-order chi connectivity index (χ1) is 25.2. The summed E-state index contributed by atoms with van der Waals surface area (Å²) in [5, 5.41) is 53.6. The normalized spacial score (nSPS) is 12.3. The third-order valence-electron chi connectivity index (χ3n) is 8.83. The Hall–Kier alpha value is -7.48. The number of nitrogens with zero attached hydrogens (tertiary/aromatic N) is 4. The fourth-order valence-electron chi connectivity index (χ4n) is 6.77. The largest absolute Gasteiger partial charge is 0.573 e. The first kappa shape index (κ1) is 34.0. The minimum atomic E-state index is -4.88. The lowest BCUT2D eigenvalue weighted by molar-refractivity contribution is -0.274. The summed E-state index contributed by atoms with van der Waals surface area (Å²) in [6, 6.07) is 29.7. The Morgan fingerprint density at radius 2 is 0.943 bits per heavy atom. The zero-order valence-corrected chi connectivity index (χ0v) is 26.6. The Morgan fingerprint density at radius 3 is 1.34 bits per heavy atom. The summed E-state index contributed by atoms with van der Waals surface area (Å²) in [5.74, 6) is -0.681. The summed E-state index contributed by atoms with van der Waals surface area (Å²) in [4.78, 5) is 0. The predicted molar refractivity (Wildman–Crippen MR) is 181 cm³/mol. The molecule has 0 unspecified atom stereocenters. The van der Waals surface area contributed by atoms with Crippen molar-refractivity contribution in [2.24, 2.45) is 0 Å². The second-order valence-corrected chi connectivity index (χ2v) is 11.8. The molecule has 0 spiro atoms. The summed E-state index contributed by atoms with van der Waals surface area (Å²) in [6.07, 6.45) is -9.50. The van der Waals surface area contributed by atoms with Gasteiger partial charge >= 0.3 is 12.7 Å². The zero-order valence-electron chi connectivity index (χ0n) is 26.6. The van der Waals surface area contributed by atoms with Gasteiger partial charge in [-0.25, -0.2) is 0 Å².